The maximum Gasteiger partial charge on any atom is 0.416 e. The van der Waals surface area contributed by atoms with Gasteiger partial charge in [0.2, 0.25) is 11.8 Å². The largest absolute Gasteiger partial charge is 0.497 e. The molecule has 2 aromatic rings. The van der Waals surface area contributed by atoms with Crippen molar-refractivity contribution in [1.29, 1.82) is 0 Å². The smallest absolute Gasteiger partial charge is 0.416 e. The van der Waals surface area contributed by atoms with E-state index in [1.54, 1.807) is 36.4 Å². The molecule has 2 aromatic carbocycles. The summed E-state index contributed by atoms with van der Waals surface area (Å²) < 4.78 is 44.8. The number of nitrogens with zero attached hydrogens (tertiary/aromatic N) is 3. The second-order valence-corrected chi connectivity index (χ2v) is 8.17. The number of fused-ring (bicyclic) bond motifs is 3. The third kappa shape index (κ3) is 3.28. The molecule has 174 valence electrons. The molecule has 0 aromatic heterocycles. The first-order valence-corrected chi connectivity index (χ1v) is 10.4. The number of benzene rings is 2. The lowest BCUT2D eigenvalue weighted by atomic mass is 9.86. The monoisotopic (exact) mass is 469 g/mol. The van der Waals surface area contributed by atoms with E-state index in [0.717, 1.165) is 23.1 Å². The lowest BCUT2D eigenvalue weighted by Gasteiger charge is -2.30. The van der Waals surface area contributed by atoms with Crippen LogP contribution in [-0.4, -0.2) is 48.0 Å². The van der Waals surface area contributed by atoms with Crippen LogP contribution in [0.1, 0.15) is 15.9 Å². The molecule has 3 aliphatic heterocycles. The second kappa shape index (κ2) is 7.82. The lowest BCUT2D eigenvalue weighted by molar-refractivity contribution is -0.137. The summed E-state index contributed by atoms with van der Waals surface area (Å²) in [4.78, 5) is 41.2. The van der Waals surface area contributed by atoms with Crippen molar-refractivity contribution in [3.8, 4) is 5.75 Å². The predicted molar refractivity (Wildman–Crippen MR) is 115 cm³/mol. The summed E-state index contributed by atoms with van der Waals surface area (Å²) in [5.74, 6) is -3.31. The Hall–Kier alpha value is -3.95. The highest BCUT2D eigenvalue weighted by Gasteiger charge is 2.64. The zero-order chi connectivity index (χ0) is 24.2. The minimum absolute atomic E-state index is 0.176. The number of halogens is 3. The minimum Gasteiger partial charge on any atom is -0.497 e. The van der Waals surface area contributed by atoms with E-state index in [1.165, 1.54) is 24.4 Å². The Morgan fingerprint density at radius 3 is 2.41 bits per heavy atom. The van der Waals surface area contributed by atoms with Gasteiger partial charge < -0.3 is 4.74 Å². The van der Waals surface area contributed by atoms with Gasteiger partial charge in [0.05, 0.1) is 36.2 Å². The number of hydrazone groups is 1. The number of rotatable bonds is 4. The zero-order valence-electron chi connectivity index (χ0n) is 17.8. The standard InChI is InChI=1S/C24H18F3N3O4/c1-34-16-9-7-13(8-10-16)21(31)20-19-18(17-6-3-11-28-30(17)20)22(32)29(23(19)33)15-5-2-4-14(12-15)24(25,26)27/h2-12,17-20H,1H3/t17-,18-,19+,20-/m0/s1. The summed E-state index contributed by atoms with van der Waals surface area (Å²) in [6.45, 7) is 0. The molecular formula is C24H18F3N3O4. The van der Waals surface area contributed by atoms with E-state index in [0.29, 0.717) is 11.3 Å². The van der Waals surface area contributed by atoms with E-state index in [4.69, 9.17) is 4.74 Å². The fourth-order valence-electron chi connectivity index (χ4n) is 4.84. The Kier molecular flexibility index (Phi) is 5.03. The van der Waals surface area contributed by atoms with E-state index >= 15 is 0 Å². The molecule has 0 spiro atoms. The molecule has 0 unspecified atom stereocenters. The first-order valence-electron chi connectivity index (χ1n) is 10.4. The van der Waals surface area contributed by atoms with Crippen LogP contribution in [0.4, 0.5) is 18.9 Å². The number of anilines is 1. The Morgan fingerprint density at radius 2 is 1.74 bits per heavy atom. The first kappa shape index (κ1) is 21.9. The maximum atomic E-state index is 13.5. The summed E-state index contributed by atoms with van der Waals surface area (Å²) >= 11 is 0. The van der Waals surface area contributed by atoms with Gasteiger partial charge in [-0.05, 0) is 48.5 Å². The van der Waals surface area contributed by atoms with Gasteiger partial charge in [-0.25, -0.2) is 4.90 Å². The van der Waals surface area contributed by atoms with Crippen molar-refractivity contribution in [1.82, 2.24) is 5.01 Å². The number of methoxy groups -OCH3 is 1. The van der Waals surface area contributed by atoms with Gasteiger partial charge in [-0.15, -0.1) is 0 Å². The van der Waals surface area contributed by atoms with Gasteiger partial charge in [-0.1, -0.05) is 12.1 Å². The summed E-state index contributed by atoms with van der Waals surface area (Å²) in [5, 5.41) is 5.70. The van der Waals surface area contributed by atoms with Gasteiger partial charge in [-0.2, -0.15) is 18.3 Å². The van der Waals surface area contributed by atoms with Gasteiger partial charge in [0.15, 0.2) is 5.78 Å². The van der Waals surface area contributed by atoms with Crippen molar-refractivity contribution in [3.63, 3.8) is 0 Å². The molecule has 0 saturated carbocycles. The van der Waals surface area contributed by atoms with Crippen LogP contribution >= 0.6 is 0 Å². The highest BCUT2D eigenvalue weighted by Crippen LogP contribution is 2.46. The predicted octanol–water partition coefficient (Wildman–Crippen LogP) is 3.31. The van der Waals surface area contributed by atoms with Gasteiger partial charge in [-0.3, -0.25) is 19.4 Å². The number of ether oxygens (including phenoxy) is 1. The average Bonchev–Trinajstić information content (AvgIpc) is 3.31. The fraction of sp³-hybridized carbons (Fsp3) is 0.250. The van der Waals surface area contributed by atoms with E-state index in [9.17, 15) is 27.6 Å². The highest BCUT2D eigenvalue weighted by atomic mass is 19.4. The number of hydrogen-bond acceptors (Lipinski definition) is 6. The number of carbonyl (C=O) groups excluding carboxylic acids is 3. The summed E-state index contributed by atoms with van der Waals surface area (Å²) in [6, 6.07) is 8.61. The molecular weight excluding hydrogens is 451 g/mol. The van der Waals surface area contributed by atoms with Crippen molar-refractivity contribution in [2.24, 2.45) is 16.9 Å². The molecule has 7 nitrogen and oxygen atoms in total. The quantitative estimate of drug-likeness (QED) is 0.507. The summed E-state index contributed by atoms with van der Waals surface area (Å²) in [6.07, 6.45) is 0.115. The molecule has 2 amide bonds. The maximum absolute atomic E-state index is 13.5. The second-order valence-electron chi connectivity index (χ2n) is 8.17. The van der Waals surface area contributed by atoms with Gasteiger partial charge >= 0.3 is 6.18 Å². The van der Waals surface area contributed by atoms with Crippen LogP contribution in [0.15, 0.2) is 65.8 Å². The fourth-order valence-corrected chi connectivity index (χ4v) is 4.84. The third-order valence-corrected chi connectivity index (χ3v) is 6.37. The molecule has 10 heteroatoms. The first-order chi connectivity index (χ1) is 16.2. The normalized spacial score (nSPS) is 25.5. The molecule has 3 heterocycles. The van der Waals surface area contributed by atoms with Crippen LogP contribution in [0.25, 0.3) is 0 Å². The van der Waals surface area contributed by atoms with Crippen LogP contribution in [-0.2, 0) is 15.8 Å². The average molecular weight is 469 g/mol. The van der Waals surface area contributed by atoms with Gasteiger partial charge in [0.1, 0.15) is 11.8 Å². The molecule has 5 rings (SSSR count). The minimum atomic E-state index is -4.64. The van der Waals surface area contributed by atoms with E-state index in [2.05, 4.69) is 5.10 Å². The van der Waals surface area contributed by atoms with Gasteiger partial charge in [0.25, 0.3) is 0 Å². The molecule has 0 bridgehead atoms. The van der Waals surface area contributed by atoms with Gasteiger partial charge in [0, 0.05) is 11.8 Å². The van der Waals surface area contributed by atoms with Crippen molar-refractivity contribution < 1.29 is 32.3 Å². The van der Waals surface area contributed by atoms with Crippen molar-refractivity contribution in [2.75, 3.05) is 12.0 Å². The Balaban J connectivity index is 1.55. The van der Waals surface area contributed by atoms with Crippen molar-refractivity contribution in [3.05, 3.63) is 71.8 Å². The van der Waals surface area contributed by atoms with Crippen LogP contribution in [0.2, 0.25) is 0 Å². The highest BCUT2D eigenvalue weighted by molar-refractivity contribution is 6.24. The molecule has 0 N–H and O–H groups in total. The molecule has 0 aliphatic carbocycles. The lowest BCUT2D eigenvalue weighted by Crippen LogP contribution is -2.46. The Morgan fingerprint density at radius 1 is 1.03 bits per heavy atom. The van der Waals surface area contributed by atoms with E-state index < -0.39 is 53.3 Å². The number of Topliss-reactive ketones (excluding diaryl/α,β-unsaturated/α-hetero) is 1. The van der Waals surface area contributed by atoms with Crippen LogP contribution < -0.4 is 9.64 Å². The molecule has 3 aliphatic rings. The Bertz CT molecular complexity index is 1240. The topological polar surface area (TPSA) is 79.3 Å². The molecule has 34 heavy (non-hydrogen) atoms. The Labute approximate surface area is 192 Å². The van der Waals surface area contributed by atoms with Crippen LogP contribution in [0, 0.1) is 11.8 Å². The summed E-state index contributed by atoms with van der Waals surface area (Å²) in [7, 11) is 1.49. The van der Waals surface area contributed by atoms with E-state index in [1.807, 2.05) is 0 Å². The van der Waals surface area contributed by atoms with Crippen molar-refractivity contribution in [2.45, 2.75) is 18.3 Å². The number of imide groups is 1. The molecule has 2 fully saturated rings. The summed E-state index contributed by atoms with van der Waals surface area (Å²) in [5.41, 5.74) is -0.852. The SMILES string of the molecule is COc1ccc(C(=O)[C@@H]2[C@@H]3C(=O)N(c4cccc(C(F)(F)F)c4)C(=O)[C@H]3[C@@H]3C=CC=NN23)cc1. The van der Waals surface area contributed by atoms with E-state index in [-0.39, 0.29) is 5.69 Å². The molecule has 2 saturated heterocycles. The van der Waals surface area contributed by atoms with Crippen LogP contribution in [0.5, 0.6) is 5.75 Å². The number of ketones is 1. The molecule has 0 radical (unpaired) electrons. The van der Waals surface area contributed by atoms with Crippen molar-refractivity contribution >= 4 is 29.5 Å². The third-order valence-electron chi connectivity index (χ3n) is 6.37. The van der Waals surface area contributed by atoms with Crippen LogP contribution in [0.3, 0.4) is 0 Å². The number of hydrogen-bond donors (Lipinski definition) is 0. The number of allylic oxidation sites excluding steroid dienone is 1. The zero-order valence-corrected chi connectivity index (χ0v) is 17.8. The number of alkyl halides is 3. The molecule has 4 atom stereocenters. The number of amides is 2. The number of carbonyl (C=O) groups is 3.